The van der Waals surface area contributed by atoms with Crippen molar-refractivity contribution in [1.82, 2.24) is 0 Å². The summed E-state index contributed by atoms with van der Waals surface area (Å²) in [5, 5.41) is 4.16. The third-order valence-electron chi connectivity index (χ3n) is 3.89. The molecule has 3 aromatic carbocycles. The Morgan fingerprint density at radius 3 is 1.58 bits per heavy atom. The predicted octanol–water partition coefficient (Wildman–Crippen LogP) is 3.19. The van der Waals surface area contributed by atoms with Crippen molar-refractivity contribution in [3.63, 3.8) is 0 Å². The van der Waals surface area contributed by atoms with E-state index < -0.39 is 23.5 Å². The first-order valence-electron chi connectivity index (χ1n) is 9.03. The number of halogens is 3. The van der Waals surface area contributed by atoms with E-state index in [4.69, 9.17) is 13.0 Å². The Morgan fingerprint density at radius 1 is 0.806 bits per heavy atom. The highest BCUT2D eigenvalue weighted by molar-refractivity contribution is 7.86. The van der Waals surface area contributed by atoms with Gasteiger partial charge in [0.2, 0.25) is 0 Å². The SMILES string of the molecule is C[N+](C)=Cc1ccccc1P(c1ccccc1)c1ccccc1.O=S(=O)([O-])C(F)(F)F. The second-order valence-electron chi connectivity index (χ2n) is 6.56. The molecule has 9 heteroatoms. The maximum Gasteiger partial charge on any atom is 0.485 e. The second-order valence-corrected chi connectivity index (χ2v) is 10.1. The van der Waals surface area contributed by atoms with Crippen LogP contribution in [0.2, 0.25) is 0 Å². The van der Waals surface area contributed by atoms with E-state index in [1.54, 1.807) is 0 Å². The van der Waals surface area contributed by atoms with Crippen LogP contribution in [0.3, 0.4) is 0 Å². The minimum absolute atomic E-state index is 0.555. The summed E-state index contributed by atoms with van der Waals surface area (Å²) < 4.78 is 61.0. The Bertz CT molecular complexity index is 1080. The standard InChI is InChI=1S/C21H21NP.CHF3O3S/c1-22(2)17-18-11-9-10-16-21(18)23(19-12-5-3-6-13-19)20-14-7-4-8-15-20;2-1(3,4)8(5,6)7/h3-17H,1-2H3;(H,5,6,7)/q+1;/p-1. The van der Waals surface area contributed by atoms with Crippen molar-refractivity contribution in [3.05, 3.63) is 90.5 Å². The van der Waals surface area contributed by atoms with Crippen LogP contribution in [0.1, 0.15) is 5.56 Å². The zero-order valence-corrected chi connectivity index (χ0v) is 18.5. The Kier molecular flexibility index (Phi) is 8.51. The van der Waals surface area contributed by atoms with E-state index in [2.05, 4.69) is 110 Å². The van der Waals surface area contributed by atoms with Crippen molar-refractivity contribution in [1.29, 1.82) is 0 Å². The third-order valence-corrected chi connectivity index (χ3v) is 6.97. The maximum atomic E-state index is 10.7. The Balaban J connectivity index is 0.000000366. The molecule has 0 unspecified atom stereocenters. The summed E-state index contributed by atoms with van der Waals surface area (Å²) in [5.41, 5.74) is -4.36. The van der Waals surface area contributed by atoms with Crippen molar-refractivity contribution in [2.24, 2.45) is 0 Å². The monoisotopic (exact) mass is 467 g/mol. The molecule has 0 radical (unpaired) electrons. The van der Waals surface area contributed by atoms with Gasteiger partial charge in [-0.3, -0.25) is 0 Å². The molecule has 0 saturated heterocycles. The molecule has 4 nitrogen and oxygen atoms in total. The molecule has 0 atom stereocenters. The zero-order valence-electron chi connectivity index (χ0n) is 16.8. The van der Waals surface area contributed by atoms with Crippen molar-refractivity contribution >= 4 is 40.2 Å². The van der Waals surface area contributed by atoms with Gasteiger partial charge in [-0.15, -0.1) is 0 Å². The van der Waals surface area contributed by atoms with Crippen LogP contribution in [-0.2, 0) is 10.1 Å². The van der Waals surface area contributed by atoms with Crippen LogP contribution in [0.15, 0.2) is 84.9 Å². The van der Waals surface area contributed by atoms with Crippen LogP contribution in [-0.4, -0.2) is 43.4 Å². The summed E-state index contributed by atoms with van der Waals surface area (Å²) in [6.07, 6.45) is 2.20. The summed E-state index contributed by atoms with van der Waals surface area (Å²) in [6.45, 7) is 0. The molecule has 164 valence electrons. The molecule has 0 aromatic heterocycles. The molecule has 0 saturated carbocycles. The molecule has 0 aliphatic carbocycles. The zero-order chi connectivity index (χ0) is 23.1. The normalized spacial score (nSPS) is 11.5. The highest BCUT2D eigenvalue weighted by Crippen LogP contribution is 2.33. The second kappa shape index (κ2) is 10.7. The Morgan fingerprint density at radius 2 is 1.19 bits per heavy atom. The summed E-state index contributed by atoms with van der Waals surface area (Å²) in [7, 11) is -2.50. The average molecular weight is 467 g/mol. The number of hydrogen-bond donors (Lipinski definition) is 0. The van der Waals surface area contributed by atoms with Crippen molar-refractivity contribution in [2.45, 2.75) is 5.51 Å². The lowest BCUT2D eigenvalue weighted by molar-refractivity contribution is -0.458. The van der Waals surface area contributed by atoms with Crippen LogP contribution in [0, 0.1) is 0 Å². The van der Waals surface area contributed by atoms with Gasteiger partial charge >= 0.3 is 5.51 Å². The van der Waals surface area contributed by atoms with Crippen LogP contribution in [0.25, 0.3) is 0 Å². The van der Waals surface area contributed by atoms with Gasteiger partial charge in [-0.25, -0.2) is 13.0 Å². The number of nitrogens with zero attached hydrogens (tertiary/aromatic N) is 1. The van der Waals surface area contributed by atoms with Crippen LogP contribution in [0.4, 0.5) is 13.2 Å². The molecule has 3 aromatic rings. The molecule has 3 rings (SSSR count). The van der Waals surface area contributed by atoms with Gasteiger partial charge in [0.1, 0.15) is 14.1 Å². The molecule has 0 aliphatic rings. The van der Waals surface area contributed by atoms with Crippen LogP contribution < -0.4 is 15.9 Å². The van der Waals surface area contributed by atoms with Gasteiger partial charge in [-0.2, -0.15) is 13.2 Å². The molecule has 0 bridgehead atoms. The lowest BCUT2D eigenvalue weighted by Gasteiger charge is -2.20. The van der Waals surface area contributed by atoms with Gasteiger partial charge in [0.05, 0.1) is 0 Å². The van der Waals surface area contributed by atoms with Crippen LogP contribution >= 0.6 is 7.92 Å². The number of benzene rings is 3. The molecular formula is C22H21F3NO3PS. The largest absolute Gasteiger partial charge is 0.741 e. The minimum Gasteiger partial charge on any atom is -0.741 e. The van der Waals surface area contributed by atoms with Crippen molar-refractivity contribution in [2.75, 3.05) is 14.1 Å². The summed E-state index contributed by atoms with van der Waals surface area (Å²) in [4.78, 5) is 0. The molecule has 0 spiro atoms. The van der Waals surface area contributed by atoms with E-state index in [1.807, 2.05) is 0 Å². The number of rotatable bonds is 4. The van der Waals surface area contributed by atoms with E-state index in [1.165, 1.54) is 21.5 Å². The van der Waals surface area contributed by atoms with Crippen molar-refractivity contribution < 1.29 is 30.7 Å². The number of hydrogen-bond acceptors (Lipinski definition) is 3. The van der Waals surface area contributed by atoms with Gasteiger partial charge < -0.3 is 4.55 Å². The molecule has 0 N–H and O–H groups in total. The van der Waals surface area contributed by atoms with Crippen LogP contribution in [0.5, 0.6) is 0 Å². The first-order chi connectivity index (χ1) is 14.5. The van der Waals surface area contributed by atoms with E-state index >= 15 is 0 Å². The quantitative estimate of drug-likeness (QED) is 0.195. The molecular weight excluding hydrogens is 446 g/mol. The van der Waals surface area contributed by atoms with Gasteiger partial charge in [-0.1, -0.05) is 78.9 Å². The van der Waals surface area contributed by atoms with Gasteiger partial charge in [0.25, 0.3) is 0 Å². The third kappa shape index (κ3) is 7.28. The summed E-state index contributed by atoms with van der Waals surface area (Å²) in [5.74, 6) is 0. The number of alkyl halides is 3. The fraction of sp³-hybridized carbons (Fsp3) is 0.136. The van der Waals surface area contributed by atoms with Gasteiger partial charge in [0, 0.05) is 5.56 Å². The van der Waals surface area contributed by atoms with Gasteiger partial charge in [-0.05, 0) is 29.9 Å². The fourth-order valence-corrected chi connectivity index (χ4v) is 5.08. The van der Waals surface area contributed by atoms with E-state index in [-0.39, 0.29) is 0 Å². The average Bonchev–Trinajstić information content (AvgIpc) is 2.70. The topological polar surface area (TPSA) is 60.2 Å². The smallest absolute Gasteiger partial charge is 0.485 e. The van der Waals surface area contributed by atoms with Gasteiger partial charge in [0.15, 0.2) is 16.3 Å². The van der Waals surface area contributed by atoms with E-state index in [9.17, 15) is 13.2 Å². The molecule has 0 aliphatic heterocycles. The first-order valence-corrected chi connectivity index (χ1v) is 11.8. The van der Waals surface area contributed by atoms with E-state index in [0.717, 1.165) is 0 Å². The van der Waals surface area contributed by atoms with Crippen molar-refractivity contribution in [3.8, 4) is 0 Å². The highest BCUT2D eigenvalue weighted by atomic mass is 32.2. The first kappa shape index (κ1) is 24.7. The maximum absolute atomic E-state index is 10.7. The molecule has 0 heterocycles. The summed E-state index contributed by atoms with van der Waals surface area (Å²) in [6, 6.07) is 30.4. The molecule has 0 fully saturated rings. The molecule has 0 amide bonds. The predicted molar refractivity (Wildman–Crippen MR) is 118 cm³/mol. The minimum atomic E-state index is -6.09. The Hall–Kier alpha value is -2.54. The highest BCUT2D eigenvalue weighted by Gasteiger charge is 2.36. The molecule has 31 heavy (non-hydrogen) atoms. The van der Waals surface area contributed by atoms with E-state index in [0.29, 0.717) is 0 Å². The lowest BCUT2D eigenvalue weighted by atomic mass is 10.2. The fourth-order valence-electron chi connectivity index (χ4n) is 2.66. The lowest BCUT2D eigenvalue weighted by Crippen LogP contribution is -2.24. The Labute approximate surface area is 181 Å². The summed E-state index contributed by atoms with van der Waals surface area (Å²) >= 11 is 0.